The van der Waals surface area contributed by atoms with Gasteiger partial charge in [-0.15, -0.1) is 0 Å². The second-order valence-electron chi connectivity index (χ2n) is 11.7. The molecule has 10 heteroatoms. The summed E-state index contributed by atoms with van der Waals surface area (Å²) in [6.45, 7) is 3.65. The molecular weight excluding hydrogens is 623 g/mol. The van der Waals surface area contributed by atoms with Crippen molar-refractivity contribution in [2.24, 2.45) is 0 Å². The summed E-state index contributed by atoms with van der Waals surface area (Å²) in [4.78, 5) is 18.5. The summed E-state index contributed by atoms with van der Waals surface area (Å²) in [5, 5.41) is 16.9. The van der Waals surface area contributed by atoms with Gasteiger partial charge >= 0.3 is 0 Å². The van der Waals surface area contributed by atoms with Gasteiger partial charge in [0, 0.05) is 78.6 Å². The van der Waals surface area contributed by atoms with Gasteiger partial charge in [-0.05, 0) is 36.1 Å². The third-order valence-electron chi connectivity index (χ3n) is 8.81. The molecule has 1 atom stereocenters. The van der Waals surface area contributed by atoms with Gasteiger partial charge in [-0.25, -0.2) is 4.98 Å². The standard InChI is InChI=1S/C36H38Cl2N4O4/c1-45-32-18-24(17-22-13-14-42(15-16-43)21-30(22)32)26-5-3-6-27(34(26)37)28-7-4-8-29(35(28)38)31-11-9-23(36(41-31)46-2)19-39-20-25-10-12-33(44)40-25/h3-9,11,17-18,25,39,43H,10,12-16,19-21H2,1-2H3,(H,40,44)/t25-/m1/s1. The minimum Gasteiger partial charge on any atom is -0.496 e. The fraction of sp³-hybridized carbons (Fsp3) is 0.333. The van der Waals surface area contributed by atoms with Crippen LogP contribution in [0.5, 0.6) is 11.6 Å². The van der Waals surface area contributed by atoms with E-state index in [0.29, 0.717) is 47.7 Å². The van der Waals surface area contributed by atoms with Crippen molar-refractivity contribution in [1.29, 1.82) is 0 Å². The van der Waals surface area contributed by atoms with Gasteiger partial charge in [0.05, 0.1) is 36.6 Å². The molecule has 3 N–H and O–H groups in total. The van der Waals surface area contributed by atoms with Gasteiger partial charge in [0.2, 0.25) is 11.8 Å². The Morgan fingerprint density at radius 1 is 0.978 bits per heavy atom. The summed E-state index contributed by atoms with van der Waals surface area (Å²) in [6.07, 6.45) is 2.29. The first-order valence-corrected chi connectivity index (χ1v) is 16.3. The first kappa shape index (κ1) is 32.3. The highest BCUT2D eigenvalue weighted by molar-refractivity contribution is 6.39. The molecule has 1 aromatic heterocycles. The van der Waals surface area contributed by atoms with Crippen molar-refractivity contribution < 1.29 is 19.4 Å². The smallest absolute Gasteiger partial charge is 0.220 e. The molecule has 0 spiro atoms. The lowest BCUT2D eigenvalue weighted by Gasteiger charge is -2.30. The zero-order valence-electron chi connectivity index (χ0n) is 26.0. The molecule has 1 fully saturated rings. The highest BCUT2D eigenvalue weighted by Gasteiger charge is 2.23. The van der Waals surface area contributed by atoms with Gasteiger partial charge in [0.15, 0.2) is 0 Å². The van der Waals surface area contributed by atoms with Crippen molar-refractivity contribution in [2.45, 2.75) is 38.4 Å². The van der Waals surface area contributed by atoms with Crippen LogP contribution < -0.4 is 20.1 Å². The molecule has 0 aliphatic carbocycles. The Labute approximate surface area is 279 Å². The fourth-order valence-electron chi connectivity index (χ4n) is 6.40. The van der Waals surface area contributed by atoms with Crippen LogP contribution in [0, 0.1) is 0 Å². The third-order valence-corrected chi connectivity index (χ3v) is 9.63. The van der Waals surface area contributed by atoms with Crippen molar-refractivity contribution in [3.05, 3.63) is 87.4 Å². The Balaban J connectivity index is 1.28. The lowest BCUT2D eigenvalue weighted by molar-refractivity contribution is -0.119. The molecule has 240 valence electrons. The van der Waals surface area contributed by atoms with Crippen LogP contribution in [-0.2, 0) is 24.3 Å². The number of aliphatic hydroxyl groups is 1. The first-order chi connectivity index (χ1) is 22.4. The van der Waals surface area contributed by atoms with Crippen molar-refractivity contribution in [1.82, 2.24) is 20.5 Å². The number of ether oxygens (including phenoxy) is 2. The van der Waals surface area contributed by atoms with Crippen LogP contribution in [0.3, 0.4) is 0 Å². The number of methoxy groups -OCH3 is 2. The average Bonchev–Trinajstić information content (AvgIpc) is 3.49. The summed E-state index contributed by atoms with van der Waals surface area (Å²) in [5.41, 5.74) is 8.27. The number of carbonyl (C=O) groups excluding carboxylic acids is 1. The van der Waals surface area contributed by atoms with E-state index >= 15 is 0 Å². The number of fused-ring (bicyclic) bond motifs is 1. The summed E-state index contributed by atoms with van der Waals surface area (Å²) in [7, 11) is 3.30. The van der Waals surface area contributed by atoms with Crippen LogP contribution >= 0.6 is 23.2 Å². The highest BCUT2D eigenvalue weighted by atomic mass is 35.5. The molecule has 8 nitrogen and oxygen atoms in total. The lowest BCUT2D eigenvalue weighted by Crippen LogP contribution is -2.35. The predicted molar refractivity (Wildman–Crippen MR) is 183 cm³/mol. The largest absolute Gasteiger partial charge is 0.496 e. The van der Waals surface area contributed by atoms with E-state index in [4.69, 9.17) is 37.7 Å². The van der Waals surface area contributed by atoms with E-state index in [1.165, 1.54) is 5.56 Å². The zero-order valence-corrected chi connectivity index (χ0v) is 27.5. The van der Waals surface area contributed by atoms with Gasteiger partial charge in [0.1, 0.15) is 5.75 Å². The van der Waals surface area contributed by atoms with E-state index < -0.39 is 0 Å². The summed E-state index contributed by atoms with van der Waals surface area (Å²) in [6, 6.07) is 20.2. The molecule has 1 amide bonds. The predicted octanol–water partition coefficient (Wildman–Crippen LogP) is 6.13. The molecule has 46 heavy (non-hydrogen) atoms. The molecule has 2 aliphatic rings. The van der Waals surface area contributed by atoms with E-state index in [1.807, 2.05) is 54.6 Å². The molecule has 4 aromatic rings. The topological polar surface area (TPSA) is 96.0 Å². The average molecular weight is 662 g/mol. The second kappa shape index (κ2) is 14.4. The van der Waals surface area contributed by atoms with Gasteiger partial charge < -0.3 is 25.2 Å². The molecule has 0 bridgehead atoms. The molecule has 6 rings (SSSR count). The maximum absolute atomic E-state index is 11.5. The number of aliphatic hydroxyl groups excluding tert-OH is 1. The number of carbonyl (C=O) groups is 1. The number of aromatic nitrogens is 1. The van der Waals surface area contributed by atoms with Crippen LogP contribution in [0.25, 0.3) is 33.5 Å². The summed E-state index contributed by atoms with van der Waals surface area (Å²) in [5.74, 6) is 1.44. The molecule has 0 radical (unpaired) electrons. The monoisotopic (exact) mass is 660 g/mol. The number of nitrogens with one attached hydrogen (secondary N) is 2. The third kappa shape index (κ3) is 6.73. The van der Waals surface area contributed by atoms with Crippen LogP contribution in [0.15, 0.2) is 60.7 Å². The Hall–Kier alpha value is -3.66. The van der Waals surface area contributed by atoms with E-state index in [2.05, 4.69) is 21.6 Å². The van der Waals surface area contributed by atoms with Crippen molar-refractivity contribution in [2.75, 3.05) is 40.5 Å². The van der Waals surface area contributed by atoms with E-state index in [1.54, 1.807) is 14.2 Å². The van der Waals surface area contributed by atoms with Gasteiger partial charge in [-0.1, -0.05) is 71.7 Å². The van der Waals surface area contributed by atoms with Gasteiger partial charge in [-0.3, -0.25) is 9.69 Å². The number of β-amino-alcohol motifs (C(OH)–C–C–N with tert-alkyl or cyclic N) is 1. The Bertz CT molecular complexity index is 1730. The number of benzene rings is 3. The second-order valence-corrected chi connectivity index (χ2v) is 12.5. The Kier molecular flexibility index (Phi) is 10.1. The number of pyridine rings is 1. The molecule has 2 aliphatic heterocycles. The molecule has 1 saturated heterocycles. The zero-order chi connectivity index (χ0) is 32.2. The minimum absolute atomic E-state index is 0.105. The number of rotatable bonds is 11. The molecular formula is C36H38Cl2N4O4. The number of halogens is 2. The molecule has 0 unspecified atom stereocenters. The fourth-order valence-corrected chi connectivity index (χ4v) is 7.06. The number of hydrogen-bond acceptors (Lipinski definition) is 7. The number of nitrogens with zero attached hydrogens (tertiary/aromatic N) is 2. The number of hydrogen-bond donors (Lipinski definition) is 3. The van der Waals surface area contributed by atoms with Crippen LogP contribution in [-0.4, -0.2) is 67.4 Å². The highest BCUT2D eigenvalue weighted by Crippen LogP contribution is 2.44. The Morgan fingerprint density at radius 3 is 2.41 bits per heavy atom. The quantitative estimate of drug-likeness (QED) is 0.178. The molecule has 3 heterocycles. The van der Waals surface area contributed by atoms with E-state index in [9.17, 15) is 9.90 Å². The van der Waals surface area contributed by atoms with E-state index in [-0.39, 0.29) is 18.6 Å². The molecule has 0 saturated carbocycles. The van der Waals surface area contributed by atoms with Crippen molar-refractivity contribution in [3.63, 3.8) is 0 Å². The molecule has 3 aromatic carbocycles. The van der Waals surface area contributed by atoms with Crippen LogP contribution in [0.4, 0.5) is 0 Å². The number of amides is 1. The first-order valence-electron chi connectivity index (χ1n) is 15.5. The maximum Gasteiger partial charge on any atom is 0.220 e. The minimum atomic E-state index is 0.105. The summed E-state index contributed by atoms with van der Waals surface area (Å²) < 4.78 is 11.5. The van der Waals surface area contributed by atoms with Gasteiger partial charge in [-0.2, -0.15) is 0 Å². The lowest BCUT2D eigenvalue weighted by atomic mass is 9.92. The normalized spacial score (nSPS) is 16.3. The van der Waals surface area contributed by atoms with Crippen LogP contribution in [0.2, 0.25) is 10.0 Å². The maximum atomic E-state index is 11.5. The van der Waals surface area contributed by atoms with Crippen molar-refractivity contribution in [3.8, 4) is 45.1 Å². The van der Waals surface area contributed by atoms with Crippen molar-refractivity contribution >= 4 is 29.1 Å². The SMILES string of the molecule is COc1cc(-c2cccc(-c3cccc(-c4ccc(CNC[C@H]5CCC(=O)N5)c(OC)n4)c3Cl)c2Cl)cc2c1CN(CCO)CC2. The Morgan fingerprint density at radius 2 is 1.72 bits per heavy atom. The summed E-state index contributed by atoms with van der Waals surface area (Å²) >= 11 is 14.3. The van der Waals surface area contributed by atoms with E-state index in [0.717, 1.165) is 70.6 Å². The van der Waals surface area contributed by atoms with Crippen LogP contribution in [0.1, 0.15) is 29.5 Å². The van der Waals surface area contributed by atoms with Gasteiger partial charge in [0.25, 0.3) is 0 Å².